The van der Waals surface area contributed by atoms with E-state index in [1.54, 1.807) is 62.6 Å². The summed E-state index contributed by atoms with van der Waals surface area (Å²) in [7, 11) is 1.55. The normalized spacial score (nSPS) is 11.8. The summed E-state index contributed by atoms with van der Waals surface area (Å²) in [5.41, 5.74) is 2.86. The molecule has 0 bridgehead atoms. The van der Waals surface area contributed by atoms with Gasteiger partial charge in [-0.25, -0.2) is 0 Å². The van der Waals surface area contributed by atoms with Gasteiger partial charge in [-0.05, 0) is 90.3 Å². The number of anilines is 1. The largest absolute Gasteiger partial charge is 0.496 e. The number of amides is 1. The Morgan fingerprint density at radius 1 is 1.06 bits per heavy atom. The number of nitrogens with one attached hydrogen (secondary N) is 1. The molecule has 1 N–H and O–H groups in total. The highest BCUT2D eigenvalue weighted by atomic mass is 79.9. The number of hydrogen-bond acceptors (Lipinski definition) is 5. The number of para-hydroxylation sites is 1. The van der Waals surface area contributed by atoms with Crippen molar-refractivity contribution in [3.63, 3.8) is 0 Å². The van der Waals surface area contributed by atoms with Crippen molar-refractivity contribution < 1.29 is 23.5 Å². The number of carbonyl (C=O) groups excluding carboxylic acids is 2. The van der Waals surface area contributed by atoms with Crippen molar-refractivity contribution in [2.45, 2.75) is 26.9 Å². The fourth-order valence-electron chi connectivity index (χ4n) is 3.72. The smallest absolute Gasteiger partial charge is 0.265 e. The van der Waals surface area contributed by atoms with Crippen LogP contribution < -0.4 is 14.8 Å². The molecule has 1 unspecified atom stereocenters. The standard InChI is InChI=1S/C27H23BrClNO5/c1-14-11-18(12-15(2)23(14)29)34-16(3)27(32)30-24-19-7-5-6-8-21(19)35-26(24)25(31)17-9-10-22(33-4)20(28)13-17/h5-13,16H,1-4H3,(H,30,32). The van der Waals surface area contributed by atoms with Crippen LogP contribution in [0.25, 0.3) is 11.0 Å². The van der Waals surface area contributed by atoms with Crippen molar-refractivity contribution >= 4 is 55.9 Å². The average molecular weight is 557 g/mol. The van der Waals surface area contributed by atoms with E-state index in [1.807, 2.05) is 19.9 Å². The lowest BCUT2D eigenvalue weighted by molar-refractivity contribution is -0.122. The van der Waals surface area contributed by atoms with E-state index < -0.39 is 12.0 Å². The Kier molecular flexibility index (Phi) is 7.19. The Labute approximate surface area is 216 Å². The lowest BCUT2D eigenvalue weighted by Crippen LogP contribution is -2.30. The van der Waals surface area contributed by atoms with Crippen LogP contribution in [0.4, 0.5) is 5.69 Å². The number of benzene rings is 3. The number of fused-ring (bicyclic) bond motifs is 1. The molecule has 1 aromatic heterocycles. The SMILES string of the molecule is COc1ccc(C(=O)c2oc3ccccc3c2NC(=O)C(C)Oc2cc(C)c(Cl)c(C)c2)cc1Br. The number of hydrogen-bond donors (Lipinski definition) is 1. The molecule has 35 heavy (non-hydrogen) atoms. The van der Waals surface area contributed by atoms with Crippen molar-refractivity contribution in [1.82, 2.24) is 0 Å². The molecule has 8 heteroatoms. The van der Waals surface area contributed by atoms with E-state index >= 15 is 0 Å². The van der Waals surface area contributed by atoms with E-state index in [0.717, 1.165) is 11.1 Å². The van der Waals surface area contributed by atoms with E-state index in [4.69, 9.17) is 25.5 Å². The minimum atomic E-state index is -0.846. The van der Waals surface area contributed by atoms with Crippen molar-refractivity contribution in [3.05, 3.63) is 86.5 Å². The van der Waals surface area contributed by atoms with E-state index in [-0.39, 0.29) is 11.5 Å². The van der Waals surface area contributed by atoms with Crippen LogP contribution in [0.15, 0.2) is 63.5 Å². The number of halogens is 2. The first-order chi connectivity index (χ1) is 16.7. The van der Waals surface area contributed by atoms with Crippen LogP contribution in [0.2, 0.25) is 5.02 Å². The molecule has 1 heterocycles. The van der Waals surface area contributed by atoms with Crippen molar-refractivity contribution in [2.75, 3.05) is 12.4 Å². The molecule has 3 aromatic carbocycles. The number of rotatable bonds is 7. The molecule has 1 amide bonds. The first kappa shape index (κ1) is 24.8. The fourth-order valence-corrected chi connectivity index (χ4v) is 4.37. The Morgan fingerprint density at radius 3 is 2.40 bits per heavy atom. The maximum atomic E-state index is 13.4. The van der Waals surface area contributed by atoms with Gasteiger partial charge in [0, 0.05) is 16.0 Å². The Balaban J connectivity index is 1.65. The van der Waals surface area contributed by atoms with Crippen molar-refractivity contribution in [1.29, 1.82) is 0 Å². The molecule has 0 aliphatic heterocycles. The predicted molar refractivity (Wildman–Crippen MR) is 140 cm³/mol. The molecule has 180 valence electrons. The summed E-state index contributed by atoms with van der Waals surface area (Å²) in [6.07, 6.45) is -0.846. The molecule has 6 nitrogen and oxygen atoms in total. The molecular formula is C27H23BrClNO5. The number of carbonyl (C=O) groups is 2. The predicted octanol–water partition coefficient (Wildman–Crippen LogP) is 7.11. The molecule has 0 radical (unpaired) electrons. The van der Waals surface area contributed by atoms with Gasteiger partial charge in [0.05, 0.1) is 17.3 Å². The first-order valence-electron chi connectivity index (χ1n) is 10.8. The summed E-state index contributed by atoms with van der Waals surface area (Å²) in [4.78, 5) is 26.5. The summed E-state index contributed by atoms with van der Waals surface area (Å²) >= 11 is 9.64. The lowest BCUT2D eigenvalue weighted by atomic mass is 10.1. The summed E-state index contributed by atoms with van der Waals surface area (Å²) in [5.74, 6) is 0.355. The second-order valence-electron chi connectivity index (χ2n) is 8.10. The van der Waals surface area contributed by atoms with Crippen molar-refractivity contribution in [3.8, 4) is 11.5 Å². The van der Waals surface area contributed by atoms with Crippen molar-refractivity contribution in [2.24, 2.45) is 0 Å². The third kappa shape index (κ3) is 5.06. The lowest BCUT2D eigenvalue weighted by Gasteiger charge is -2.16. The number of ketones is 1. The van der Waals surface area contributed by atoms with Gasteiger partial charge in [0.1, 0.15) is 17.1 Å². The first-order valence-corrected chi connectivity index (χ1v) is 12.0. The third-order valence-electron chi connectivity index (χ3n) is 5.56. The summed E-state index contributed by atoms with van der Waals surface area (Å²) in [6.45, 7) is 5.39. The number of methoxy groups -OCH3 is 1. The molecule has 0 spiro atoms. The van der Waals surface area contributed by atoms with Gasteiger partial charge in [-0.15, -0.1) is 0 Å². The van der Waals surface area contributed by atoms with Crippen LogP contribution in [0.3, 0.4) is 0 Å². The van der Waals surface area contributed by atoms with Gasteiger partial charge in [0.25, 0.3) is 5.91 Å². The van der Waals surface area contributed by atoms with E-state index in [2.05, 4.69) is 21.2 Å². The highest BCUT2D eigenvalue weighted by molar-refractivity contribution is 9.10. The van der Waals surface area contributed by atoms with Crippen LogP contribution in [-0.2, 0) is 4.79 Å². The number of aryl methyl sites for hydroxylation is 2. The Bertz CT molecular complexity index is 1420. The van der Waals surface area contributed by atoms with Crippen LogP contribution in [0, 0.1) is 13.8 Å². The zero-order chi connectivity index (χ0) is 25.3. The van der Waals surface area contributed by atoms with Crippen LogP contribution in [0.5, 0.6) is 11.5 Å². The summed E-state index contributed by atoms with van der Waals surface area (Å²) < 4.78 is 17.6. The van der Waals surface area contributed by atoms with Gasteiger partial charge < -0.3 is 19.2 Å². The third-order valence-corrected chi connectivity index (χ3v) is 6.77. The summed E-state index contributed by atoms with van der Waals surface area (Å²) in [6, 6.07) is 15.7. The minimum absolute atomic E-state index is 0.0296. The maximum Gasteiger partial charge on any atom is 0.265 e. The fraction of sp³-hybridized carbons (Fsp3) is 0.185. The van der Waals surface area contributed by atoms with Gasteiger partial charge in [-0.1, -0.05) is 23.7 Å². The van der Waals surface area contributed by atoms with E-state index in [9.17, 15) is 9.59 Å². The van der Waals surface area contributed by atoms with Gasteiger partial charge in [-0.3, -0.25) is 9.59 Å². The highest BCUT2D eigenvalue weighted by Gasteiger charge is 2.26. The molecule has 1 atom stereocenters. The van der Waals surface area contributed by atoms with E-state index in [1.165, 1.54) is 0 Å². The number of furan rings is 1. The maximum absolute atomic E-state index is 13.4. The van der Waals surface area contributed by atoms with Crippen LogP contribution in [-0.4, -0.2) is 24.9 Å². The zero-order valence-electron chi connectivity index (χ0n) is 19.6. The topological polar surface area (TPSA) is 77.8 Å². The molecule has 0 aliphatic rings. The average Bonchev–Trinajstić information content (AvgIpc) is 3.20. The number of ether oxygens (including phenoxy) is 2. The second kappa shape index (κ2) is 10.1. The molecule has 0 aliphatic carbocycles. The van der Waals surface area contributed by atoms with Crippen LogP contribution >= 0.6 is 27.5 Å². The Hall–Kier alpha value is -3.29. The van der Waals surface area contributed by atoms with Gasteiger partial charge in [0.15, 0.2) is 11.9 Å². The molecule has 0 fully saturated rings. The highest BCUT2D eigenvalue weighted by Crippen LogP contribution is 2.34. The van der Waals surface area contributed by atoms with Gasteiger partial charge >= 0.3 is 0 Å². The van der Waals surface area contributed by atoms with Crippen LogP contribution in [0.1, 0.15) is 34.2 Å². The van der Waals surface area contributed by atoms with E-state index in [0.29, 0.717) is 43.2 Å². The molecular weight excluding hydrogens is 534 g/mol. The summed E-state index contributed by atoms with van der Waals surface area (Å²) in [5, 5.41) is 4.11. The zero-order valence-corrected chi connectivity index (χ0v) is 21.9. The molecule has 0 saturated heterocycles. The van der Waals surface area contributed by atoms with Gasteiger partial charge in [-0.2, -0.15) is 0 Å². The van der Waals surface area contributed by atoms with Gasteiger partial charge in [0.2, 0.25) is 5.78 Å². The molecule has 4 aromatic rings. The monoisotopic (exact) mass is 555 g/mol. The minimum Gasteiger partial charge on any atom is -0.496 e. The molecule has 4 rings (SSSR count). The molecule has 0 saturated carbocycles. The quantitative estimate of drug-likeness (QED) is 0.245. The Morgan fingerprint density at radius 2 is 1.74 bits per heavy atom. The second-order valence-corrected chi connectivity index (χ2v) is 9.33.